The Balaban J connectivity index is 1.61. The summed E-state index contributed by atoms with van der Waals surface area (Å²) in [5.74, 6) is -1.61. The summed E-state index contributed by atoms with van der Waals surface area (Å²) in [6, 6.07) is 15.2. The number of amides is 2. The number of carbonyl (C=O) groups excluding carboxylic acids is 2. The van der Waals surface area contributed by atoms with E-state index in [4.69, 9.17) is 0 Å². The quantitative estimate of drug-likeness (QED) is 0.484. The molecule has 2 amide bonds. The number of thiophene rings is 1. The highest BCUT2D eigenvalue weighted by Gasteiger charge is 2.19. The molecule has 0 spiro atoms. The van der Waals surface area contributed by atoms with Gasteiger partial charge in [-0.15, -0.1) is 11.3 Å². The first kappa shape index (κ1) is 21.5. The summed E-state index contributed by atoms with van der Waals surface area (Å²) in [5.41, 5.74) is 5.00. The monoisotopic (exact) mass is 447 g/mol. The maximum Gasteiger partial charge on any atom is 0.271 e. The second-order valence-corrected chi connectivity index (χ2v) is 9.03. The smallest absolute Gasteiger partial charge is 0.271 e. The summed E-state index contributed by atoms with van der Waals surface area (Å²) in [6.45, 7) is 0. The number of anilines is 1. The van der Waals surface area contributed by atoms with Crippen LogP contribution in [0.25, 0.3) is 0 Å². The Kier molecular flexibility index (Phi) is 6.80. The van der Waals surface area contributed by atoms with Crippen LogP contribution in [-0.4, -0.2) is 20.2 Å². The molecule has 2 aromatic carbocycles. The number of carbonyl (C=O) groups is 2. The van der Waals surface area contributed by atoms with Crippen molar-refractivity contribution in [3.63, 3.8) is 0 Å². The average Bonchev–Trinajstić information content (AvgIpc) is 3.27. The minimum absolute atomic E-state index is 0.0339. The molecule has 0 saturated carbocycles. The molecular weight excluding hydrogens is 429 g/mol. The van der Waals surface area contributed by atoms with Gasteiger partial charge in [0.2, 0.25) is 5.91 Å². The minimum atomic E-state index is -3.83. The van der Waals surface area contributed by atoms with E-state index in [0.29, 0.717) is 5.56 Å². The molecule has 156 valence electrons. The van der Waals surface area contributed by atoms with Crippen LogP contribution in [0.5, 0.6) is 0 Å². The fraction of sp³-hybridized carbons (Fsp3) is 0.100. The van der Waals surface area contributed by atoms with Crippen LogP contribution in [0.2, 0.25) is 0 Å². The van der Waals surface area contributed by atoms with Gasteiger partial charge in [0.05, 0.1) is 11.3 Å². The second-order valence-electron chi connectivity index (χ2n) is 6.18. The average molecular weight is 448 g/mol. The van der Waals surface area contributed by atoms with Crippen molar-refractivity contribution in [3.05, 3.63) is 83.0 Å². The van der Waals surface area contributed by atoms with Crippen molar-refractivity contribution in [1.82, 2.24) is 10.9 Å². The van der Waals surface area contributed by atoms with Gasteiger partial charge >= 0.3 is 0 Å². The molecule has 10 heteroatoms. The molecule has 0 atom stereocenters. The maximum absolute atomic E-state index is 13.6. The molecule has 0 fully saturated rings. The van der Waals surface area contributed by atoms with Crippen LogP contribution >= 0.6 is 11.3 Å². The van der Waals surface area contributed by atoms with Crippen LogP contribution in [0.3, 0.4) is 0 Å². The number of para-hydroxylation sites is 1. The molecule has 7 nitrogen and oxygen atoms in total. The Morgan fingerprint density at radius 2 is 1.67 bits per heavy atom. The molecule has 0 aliphatic heterocycles. The summed E-state index contributed by atoms with van der Waals surface area (Å²) in [7, 11) is -3.83. The lowest BCUT2D eigenvalue weighted by Crippen LogP contribution is -2.42. The zero-order chi connectivity index (χ0) is 21.6. The third-order valence-electron chi connectivity index (χ3n) is 4.07. The first-order valence-electron chi connectivity index (χ1n) is 8.85. The molecule has 0 bridgehead atoms. The number of benzene rings is 2. The highest BCUT2D eigenvalue weighted by atomic mass is 32.2. The molecule has 3 rings (SSSR count). The molecule has 30 heavy (non-hydrogen) atoms. The van der Waals surface area contributed by atoms with Crippen molar-refractivity contribution in [3.8, 4) is 0 Å². The molecule has 3 aromatic rings. The highest BCUT2D eigenvalue weighted by molar-refractivity contribution is 7.94. The Morgan fingerprint density at radius 3 is 2.40 bits per heavy atom. The van der Waals surface area contributed by atoms with E-state index in [-0.39, 0.29) is 28.3 Å². The number of hydrogen-bond acceptors (Lipinski definition) is 5. The molecule has 0 aliphatic carbocycles. The van der Waals surface area contributed by atoms with Gasteiger partial charge in [-0.3, -0.25) is 25.2 Å². The number of rotatable bonds is 7. The summed E-state index contributed by atoms with van der Waals surface area (Å²) >= 11 is 1.05. The van der Waals surface area contributed by atoms with E-state index < -0.39 is 27.7 Å². The lowest BCUT2D eigenvalue weighted by Gasteiger charge is -2.12. The van der Waals surface area contributed by atoms with Gasteiger partial charge in [-0.25, -0.2) is 12.8 Å². The van der Waals surface area contributed by atoms with Gasteiger partial charge in [-0.2, -0.15) is 0 Å². The Morgan fingerprint density at radius 1 is 0.933 bits per heavy atom. The van der Waals surface area contributed by atoms with Gasteiger partial charge in [-0.1, -0.05) is 36.4 Å². The fourth-order valence-corrected chi connectivity index (χ4v) is 4.66. The molecule has 0 unspecified atom stereocenters. The lowest BCUT2D eigenvalue weighted by molar-refractivity contribution is -0.121. The molecule has 3 N–H and O–H groups in total. The summed E-state index contributed by atoms with van der Waals surface area (Å²) < 4.78 is 40.9. The Labute approximate surface area is 177 Å². The van der Waals surface area contributed by atoms with Gasteiger partial charge < -0.3 is 0 Å². The maximum atomic E-state index is 13.6. The molecule has 1 heterocycles. The van der Waals surface area contributed by atoms with E-state index in [1.807, 2.05) is 0 Å². The highest BCUT2D eigenvalue weighted by Crippen LogP contribution is 2.22. The zero-order valence-electron chi connectivity index (χ0n) is 15.6. The third-order valence-corrected chi connectivity index (χ3v) is 6.83. The molecule has 0 radical (unpaired) electrons. The van der Waals surface area contributed by atoms with Gasteiger partial charge in [0.15, 0.2) is 0 Å². The number of halogens is 1. The van der Waals surface area contributed by atoms with Crippen molar-refractivity contribution in [1.29, 1.82) is 0 Å². The summed E-state index contributed by atoms with van der Waals surface area (Å²) in [6.07, 6.45) is 0.138. The molecule has 0 aliphatic rings. The van der Waals surface area contributed by atoms with E-state index in [9.17, 15) is 22.4 Å². The van der Waals surface area contributed by atoms with Crippen molar-refractivity contribution in [2.75, 3.05) is 4.72 Å². The number of nitrogens with one attached hydrogen (secondary N) is 3. The molecule has 1 aromatic heterocycles. The first-order valence-corrected chi connectivity index (χ1v) is 11.2. The second kappa shape index (κ2) is 9.51. The standard InChI is InChI=1S/C20H18FN3O4S2/c21-16-8-3-1-6-14(16)11-12-18(25)22-23-20(26)15-7-2-4-9-17(15)24-30(27,28)19-10-5-13-29-19/h1-10,13,24H,11-12H2,(H,22,25)(H,23,26). The van der Waals surface area contributed by atoms with Crippen molar-refractivity contribution >= 4 is 38.9 Å². The largest absolute Gasteiger partial charge is 0.278 e. The Hall–Kier alpha value is -3.24. The predicted molar refractivity (Wildman–Crippen MR) is 112 cm³/mol. The van der Waals surface area contributed by atoms with Crippen LogP contribution < -0.4 is 15.6 Å². The minimum Gasteiger partial charge on any atom is -0.278 e. The van der Waals surface area contributed by atoms with E-state index in [2.05, 4.69) is 15.6 Å². The Bertz CT molecular complexity index is 1150. The normalized spacial score (nSPS) is 11.0. The van der Waals surface area contributed by atoms with Crippen molar-refractivity contribution in [2.45, 2.75) is 17.1 Å². The summed E-state index contributed by atoms with van der Waals surface area (Å²) in [4.78, 5) is 24.4. The zero-order valence-corrected chi connectivity index (χ0v) is 17.2. The molecular formula is C20H18FN3O4S2. The molecule has 0 saturated heterocycles. The van der Waals surface area contributed by atoms with Crippen LogP contribution in [0.4, 0.5) is 10.1 Å². The van der Waals surface area contributed by atoms with E-state index >= 15 is 0 Å². The van der Waals surface area contributed by atoms with Crippen LogP contribution in [-0.2, 0) is 21.2 Å². The van der Waals surface area contributed by atoms with E-state index in [1.54, 1.807) is 41.8 Å². The first-order chi connectivity index (χ1) is 14.4. The lowest BCUT2D eigenvalue weighted by atomic mass is 10.1. The van der Waals surface area contributed by atoms with E-state index in [0.717, 1.165) is 11.3 Å². The van der Waals surface area contributed by atoms with Crippen LogP contribution in [0.15, 0.2) is 70.3 Å². The van der Waals surface area contributed by atoms with Crippen molar-refractivity contribution < 1.29 is 22.4 Å². The topological polar surface area (TPSA) is 104 Å². The van der Waals surface area contributed by atoms with Crippen molar-refractivity contribution in [2.24, 2.45) is 0 Å². The van der Waals surface area contributed by atoms with Gasteiger partial charge in [-0.05, 0) is 41.6 Å². The predicted octanol–water partition coefficient (Wildman–Crippen LogP) is 3.08. The third kappa shape index (κ3) is 5.43. The van der Waals surface area contributed by atoms with Crippen LogP contribution in [0, 0.1) is 5.82 Å². The SMILES string of the molecule is O=C(CCc1ccccc1F)NNC(=O)c1ccccc1NS(=O)(=O)c1cccs1. The number of aryl methyl sites for hydroxylation is 1. The number of hydrogen-bond donors (Lipinski definition) is 3. The fourth-order valence-electron chi connectivity index (χ4n) is 2.59. The summed E-state index contributed by atoms with van der Waals surface area (Å²) in [5, 5.41) is 1.63. The van der Waals surface area contributed by atoms with Gasteiger partial charge in [0.25, 0.3) is 15.9 Å². The van der Waals surface area contributed by atoms with Crippen LogP contribution in [0.1, 0.15) is 22.3 Å². The van der Waals surface area contributed by atoms with E-state index in [1.165, 1.54) is 24.3 Å². The number of hydrazine groups is 1. The van der Waals surface area contributed by atoms with Gasteiger partial charge in [0, 0.05) is 6.42 Å². The van der Waals surface area contributed by atoms with Gasteiger partial charge in [0.1, 0.15) is 10.0 Å². The number of sulfonamides is 1.